The number of thiophene rings is 1. The lowest BCUT2D eigenvalue weighted by Crippen LogP contribution is -2.25. The second kappa shape index (κ2) is 6.52. The molecular weight excluding hydrogens is 360 g/mol. The van der Waals surface area contributed by atoms with Crippen molar-refractivity contribution in [2.24, 2.45) is 0 Å². The summed E-state index contributed by atoms with van der Waals surface area (Å²) in [5.74, 6) is 1.41. The Hall–Kier alpha value is -1.34. The van der Waals surface area contributed by atoms with E-state index >= 15 is 0 Å². The average Bonchev–Trinajstić information content (AvgIpc) is 2.92. The topological polar surface area (TPSA) is 55.0 Å². The van der Waals surface area contributed by atoms with Gasteiger partial charge < -0.3 is 10.6 Å². The maximum Gasteiger partial charge on any atom is 0.191 e. The first-order chi connectivity index (χ1) is 11.6. The summed E-state index contributed by atoms with van der Waals surface area (Å²) >= 11 is 9.28. The zero-order valence-corrected chi connectivity index (χ0v) is 15.6. The lowest BCUT2D eigenvalue weighted by molar-refractivity contribution is 0.318. The monoisotopic (exact) mass is 376 g/mol. The first kappa shape index (κ1) is 16.1. The van der Waals surface area contributed by atoms with Crippen LogP contribution in [0.4, 0.5) is 5.82 Å². The maximum atomic E-state index is 6.26. The van der Waals surface area contributed by atoms with E-state index in [0.29, 0.717) is 5.82 Å². The Labute approximate surface area is 154 Å². The summed E-state index contributed by atoms with van der Waals surface area (Å²) in [6.07, 6.45) is 1.02. The number of nitrogens with zero attached hydrogens (tertiary/aromatic N) is 3. The van der Waals surface area contributed by atoms with Gasteiger partial charge in [0.25, 0.3) is 0 Å². The number of hydrogen-bond acceptors (Lipinski definition) is 6. The molecule has 0 saturated carbocycles. The van der Waals surface area contributed by atoms with Crippen LogP contribution in [-0.4, -0.2) is 28.5 Å². The molecule has 1 aromatic carbocycles. The Bertz CT molecular complexity index is 892. The van der Waals surface area contributed by atoms with E-state index in [9.17, 15) is 0 Å². The van der Waals surface area contributed by atoms with Gasteiger partial charge in [-0.3, -0.25) is 0 Å². The quantitative estimate of drug-likeness (QED) is 0.548. The zero-order chi connectivity index (χ0) is 16.7. The lowest BCUT2D eigenvalue weighted by Gasteiger charge is -2.22. The second-order valence-electron chi connectivity index (χ2n) is 5.98. The van der Waals surface area contributed by atoms with Gasteiger partial charge in [-0.25, -0.2) is 9.97 Å². The van der Waals surface area contributed by atoms with Crippen molar-refractivity contribution >= 4 is 50.7 Å². The van der Waals surface area contributed by atoms with Gasteiger partial charge in [0.1, 0.15) is 10.6 Å². The number of hydrogen-bond donors (Lipinski definition) is 1. The fourth-order valence-corrected chi connectivity index (χ4v) is 5.22. The van der Waals surface area contributed by atoms with Crippen molar-refractivity contribution in [3.8, 4) is 0 Å². The summed E-state index contributed by atoms with van der Waals surface area (Å²) in [5, 5.41) is 2.56. The van der Waals surface area contributed by atoms with E-state index in [1.165, 1.54) is 16.0 Å². The highest BCUT2D eigenvalue weighted by Crippen LogP contribution is 2.37. The van der Waals surface area contributed by atoms with E-state index in [2.05, 4.69) is 16.9 Å². The molecule has 0 bridgehead atoms. The molecule has 7 heteroatoms. The van der Waals surface area contributed by atoms with Crippen LogP contribution < -0.4 is 5.73 Å². The van der Waals surface area contributed by atoms with Gasteiger partial charge in [-0.15, -0.1) is 11.3 Å². The number of benzene rings is 1. The molecular formula is C17H17ClN4S2. The van der Waals surface area contributed by atoms with Crippen LogP contribution in [0.2, 0.25) is 5.02 Å². The second-order valence-corrected chi connectivity index (χ2v) is 8.44. The number of fused-ring (bicyclic) bond motifs is 3. The van der Waals surface area contributed by atoms with E-state index in [4.69, 9.17) is 22.3 Å². The van der Waals surface area contributed by atoms with Crippen molar-refractivity contribution in [3.05, 3.63) is 45.3 Å². The molecule has 24 heavy (non-hydrogen) atoms. The minimum atomic E-state index is 0.612. The summed E-state index contributed by atoms with van der Waals surface area (Å²) in [5.41, 5.74) is 8.80. The Kier molecular flexibility index (Phi) is 4.39. The Balaban J connectivity index is 1.62. The van der Waals surface area contributed by atoms with Crippen molar-refractivity contribution in [2.75, 3.05) is 19.3 Å². The standard InChI is InChI=1S/C17H17ClN4S2/c1-22-7-6-12-13(8-22)24-16-14(12)15(19)20-17(21-16)23-9-10-2-4-11(18)5-3-10/h2-5H,6-9H2,1H3,(H2,19,20,21). The number of likely N-dealkylation sites (N-methyl/N-ethyl adjacent to an activating group) is 1. The van der Waals surface area contributed by atoms with Crippen LogP contribution in [0, 0.1) is 0 Å². The highest BCUT2D eigenvalue weighted by atomic mass is 35.5. The average molecular weight is 377 g/mol. The van der Waals surface area contributed by atoms with Gasteiger partial charge in [0, 0.05) is 28.7 Å². The molecule has 0 aliphatic carbocycles. The minimum absolute atomic E-state index is 0.612. The molecule has 4 nitrogen and oxygen atoms in total. The number of nitrogen functional groups attached to an aromatic ring is 1. The van der Waals surface area contributed by atoms with Gasteiger partial charge in [-0.2, -0.15) is 0 Å². The molecule has 0 amide bonds. The molecule has 124 valence electrons. The van der Waals surface area contributed by atoms with E-state index in [1.54, 1.807) is 23.1 Å². The van der Waals surface area contributed by atoms with Crippen LogP contribution >= 0.6 is 34.7 Å². The fraction of sp³-hybridized carbons (Fsp3) is 0.294. The van der Waals surface area contributed by atoms with Crippen molar-refractivity contribution in [2.45, 2.75) is 23.9 Å². The first-order valence-electron chi connectivity index (χ1n) is 7.73. The molecule has 3 aromatic rings. The van der Waals surface area contributed by atoms with Gasteiger partial charge in [-0.05, 0) is 36.7 Å². The van der Waals surface area contributed by atoms with Crippen molar-refractivity contribution in [1.82, 2.24) is 14.9 Å². The Morgan fingerprint density at radius 2 is 2.08 bits per heavy atom. The van der Waals surface area contributed by atoms with Gasteiger partial charge in [0.2, 0.25) is 0 Å². The lowest BCUT2D eigenvalue weighted by atomic mass is 10.1. The van der Waals surface area contributed by atoms with Crippen molar-refractivity contribution in [1.29, 1.82) is 0 Å². The summed E-state index contributed by atoms with van der Waals surface area (Å²) < 4.78 is 0. The van der Waals surface area contributed by atoms with E-state index in [-0.39, 0.29) is 0 Å². The van der Waals surface area contributed by atoms with Gasteiger partial charge in [0.05, 0.1) is 5.39 Å². The molecule has 2 aromatic heterocycles. The molecule has 2 N–H and O–H groups in total. The number of halogens is 1. The fourth-order valence-electron chi connectivity index (χ4n) is 2.92. The number of aromatic nitrogens is 2. The molecule has 1 aliphatic heterocycles. The molecule has 0 saturated heterocycles. The van der Waals surface area contributed by atoms with Crippen LogP contribution in [0.5, 0.6) is 0 Å². The summed E-state index contributed by atoms with van der Waals surface area (Å²) in [4.78, 5) is 14.0. The minimum Gasteiger partial charge on any atom is -0.383 e. The maximum absolute atomic E-state index is 6.26. The molecule has 1 aliphatic rings. The van der Waals surface area contributed by atoms with Gasteiger partial charge in [0.15, 0.2) is 5.16 Å². The third kappa shape index (κ3) is 3.11. The molecule has 4 rings (SSSR count). The highest BCUT2D eigenvalue weighted by Gasteiger charge is 2.22. The van der Waals surface area contributed by atoms with Crippen LogP contribution in [0.25, 0.3) is 10.2 Å². The Morgan fingerprint density at radius 1 is 1.29 bits per heavy atom. The molecule has 0 unspecified atom stereocenters. The molecule has 0 radical (unpaired) electrons. The van der Waals surface area contributed by atoms with Crippen LogP contribution in [0.3, 0.4) is 0 Å². The summed E-state index contributed by atoms with van der Waals surface area (Å²) in [6, 6.07) is 7.85. The molecule has 0 atom stereocenters. The predicted molar refractivity (Wildman–Crippen MR) is 103 cm³/mol. The van der Waals surface area contributed by atoms with Crippen molar-refractivity contribution < 1.29 is 0 Å². The number of nitrogens with two attached hydrogens (primary N) is 1. The normalized spacial score (nSPS) is 14.9. The van der Waals surface area contributed by atoms with E-state index in [0.717, 1.165) is 45.7 Å². The molecule has 3 heterocycles. The largest absolute Gasteiger partial charge is 0.383 e. The predicted octanol–water partition coefficient (Wildman–Crippen LogP) is 4.21. The van der Waals surface area contributed by atoms with Crippen LogP contribution in [0.1, 0.15) is 16.0 Å². The molecule has 0 spiro atoms. The van der Waals surface area contributed by atoms with Crippen LogP contribution in [-0.2, 0) is 18.7 Å². The van der Waals surface area contributed by atoms with E-state index < -0.39 is 0 Å². The third-order valence-corrected chi connectivity index (χ3v) is 6.46. The highest BCUT2D eigenvalue weighted by molar-refractivity contribution is 7.98. The van der Waals surface area contributed by atoms with Gasteiger partial charge >= 0.3 is 0 Å². The molecule has 0 fully saturated rings. The smallest absolute Gasteiger partial charge is 0.191 e. The van der Waals surface area contributed by atoms with Gasteiger partial charge in [-0.1, -0.05) is 35.5 Å². The summed E-state index contributed by atoms with van der Waals surface area (Å²) in [7, 11) is 2.15. The Morgan fingerprint density at radius 3 is 2.88 bits per heavy atom. The first-order valence-corrected chi connectivity index (χ1v) is 9.91. The zero-order valence-electron chi connectivity index (χ0n) is 13.3. The number of rotatable bonds is 3. The van der Waals surface area contributed by atoms with Crippen molar-refractivity contribution in [3.63, 3.8) is 0 Å². The SMILES string of the molecule is CN1CCc2c(sc3nc(SCc4ccc(Cl)cc4)nc(N)c23)C1. The van der Waals surface area contributed by atoms with E-state index in [1.807, 2.05) is 24.3 Å². The number of thioether (sulfide) groups is 1. The summed E-state index contributed by atoms with van der Waals surface area (Å²) in [6.45, 7) is 2.04. The number of anilines is 1. The van der Waals surface area contributed by atoms with Crippen LogP contribution in [0.15, 0.2) is 29.4 Å². The third-order valence-electron chi connectivity index (χ3n) is 4.18.